The van der Waals surface area contributed by atoms with Crippen LogP contribution in [0, 0.1) is 6.92 Å². The first-order chi connectivity index (χ1) is 14.3. The number of piperazine rings is 1. The molecule has 160 valence electrons. The summed E-state index contributed by atoms with van der Waals surface area (Å²) in [6, 6.07) is 10.8. The third-order valence-electron chi connectivity index (χ3n) is 5.48. The maximum Gasteiger partial charge on any atom is 0.308 e. The van der Waals surface area contributed by atoms with Gasteiger partial charge in [-0.2, -0.15) is 4.31 Å². The van der Waals surface area contributed by atoms with Crippen LogP contribution in [0.25, 0.3) is 10.2 Å². The smallest absolute Gasteiger partial charge is 0.308 e. The van der Waals surface area contributed by atoms with Crippen molar-refractivity contribution < 1.29 is 8.42 Å². The lowest BCUT2D eigenvalue weighted by atomic mass is 10.1. The number of benzene rings is 2. The van der Waals surface area contributed by atoms with Crippen LogP contribution in [0.2, 0.25) is 5.02 Å². The number of rotatable bonds is 5. The van der Waals surface area contributed by atoms with Gasteiger partial charge in [0.25, 0.3) is 0 Å². The summed E-state index contributed by atoms with van der Waals surface area (Å²) in [6.45, 7) is 6.68. The molecule has 0 unspecified atom stereocenters. The molecule has 1 fully saturated rings. The van der Waals surface area contributed by atoms with Crippen molar-refractivity contribution in [1.29, 1.82) is 0 Å². The number of hydrogen-bond acceptors (Lipinski definition) is 5. The van der Waals surface area contributed by atoms with E-state index in [1.807, 2.05) is 32.0 Å². The Balaban J connectivity index is 1.56. The third kappa shape index (κ3) is 3.89. The maximum atomic E-state index is 13.2. The lowest BCUT2D eigenvalue weighted by molar-refractivity contribution is 0.385. The van der Waals surface area contributed by atoms with E-state index in [1.54, 1.807) is 22.8 Å². The van der Waals surface area contributed by atoms with Crippen molar-refractivity contribution in [1.82, 2.24) is 8.87 Å². The highest BCUT2D eigenvalue weighted by Crippen LogP contribution is 2.28. The first-order valence-electron chi connectivity index (χ1n) is 9.96. The van der Waals surface area contributed by atoms with E-state index < -0.39 is 10.0 Å². The summed E-state index contributed by atoms with van der Waals surface area (Å²) >= 11 is 7.24. The van der Waals surface area contributed by atoms with Gasteiger partial charge in [0.15, 0.2) is 0 Å². The molecule has 0 N–H and O–H groups in total. The Morgan fingerprint density at radius 2 is 1.80 bits per heavy atom. The van der Waals surface area contributed by atoms with Crippen LogP contribution >= 0.6 is 22.9 Å². The van der Waals surface area contributed by atoms with Gasteiger partial charge >= 0.3 is 4.87 Å². The van der Waals surface area contributed by atoms with E-state index in [9.17, 15) is 13.2 Å². The summed E-state index contributed by atoms with van der Waals surface area (Å²) in [5.74, 6) is 0. The molecule has 0 bridgehead atoms. The summed E-state index contributed by atoms with van der Waals surface area (Å²) < 4.78 is 30.4. The van der Waals surface area contributed by atoms with Gasteiger partial charge in [-0.15, -0.1) is 0 Å². The molecule has 1 aromatic heterocycles. The van der Waals surface area contributed by atoms with Gasteiger partial charge in [-0.05, 0) is 49.2 Å². The fraction of sp³-hybridized carbons (Fsp3) is 0.381. The minimum absolute atomic E-state index is 0.0492. The Labute approximate surface area is 185 Å². The molecule has 0 spiro atoms. The average molecular weight is 466 g/mol. The summed E-state index contributed by atoms with van der Waals surface area (Å²) in [7, 11) is -3.62. The molecule has 2 aromatic carbocycles. The molecule has 30 heavy (non-hydrogen) atoms. The topological polar surface area (TPSA) is 62.6 Å². The predicted molar refractivity (Wildman–Crippen MR) is 124 cm³/mol. The summed E-state index contributed by atoms with van der Waals surface area (Å²) in [4.78, 5) is 14.6. The molecule has 3 aromatic rings. The van der Waals surface area contributed by atoms with Gasteiger partial charge in [-0.25, -0.2) is 8.42 Å². The van der Waals surface area contributed by atoms with Gasteiger partial charge < -0.3 is 4.90 Å². The van der Waals surface area contributed by atoms with Crippen molar-refractivity contribution in [2.24, 2.45) is 0 Å². The van der Waals surface area contributed by atoms with Gasteiger partial charge in [-0.1, -0.05) is 35.9 Å². The summed E-state index contributed by atoms with van der Waals surface area (Å²) in [5, 5.41) is 0.674. The van der Waals surface area contributed by atoms with Crippen LogP contribution < -0.4 is 9.77 Å². The molecule has 0 amide bonds. The lowest BCUT2D eigenvalue weighted by Gasteiger charge is -2.36. The monoisotopic (exact) mass is 465 g/mol. The minimum atomic E-state index is -3.62. The Hall–Kier alpha value is -1.87. The van der Waals surface area contributed by atoms with Crippen molar-refractivity contribution in [3.8, 4) is 0 Å². The highest BCUT2D eigenvalue weighted by atomic mass is 35.5. The van der Waals surface area contributed by atoms with Crippen LogP contribution in [0.5, 0.6) is 0 Å². The molecule has 0 radical (unpaired) electrons. The lowest BCUT2D eigenvalue weighted by Crippen LogP contribution is -2.48. The molecule has 1 aliphatic heterocycles. The largest absolute Gasteiger partial charge is 0.369 e. The van der Waals surface area contributed by atoms with Gasteiger partial charge in [-0.3, -0.25) is 9.36 Å². The number of aromatic nitrogens is 1. The minimum Gasteiger partial charge on any atom is -0.369 e. The molecule has 6 nitrogen and oxygen atoms in total. The molecule has 1 saturated heterocycles. The van der Waals surface area contributed by atoms with E-state index in [0.717, 1.165) is 34.5 Å². The van der Waals surface area contributed by atoms with Crippen LogP contribution in [-0.2, 0) is 16.6 Å². The molecule has 0 aliphatic carbocycles. The zero-order valence-electron chi connectivity index (χ0n) is 17.0. The zero-order chi connectivity index (χ0) is 21.5. The Morgan fingerprint density at radius 1 is 1.07 bits per heavy atom. The first kappa shape index (κ1) is 21.4. The van der Waals surface area contributed by atoms with Crippen LogP contribution in [0.4, 0.5) is 5.69 Å². The van der Waals surface area contributed by atoms with E-state index in [1.165, 1.54) is 4.31 Å². The highest BCUT2D eigenvalue weighted by molar-refractivity contribution is 7.89. The molecular weight excluding hydrogens is 442 g/mol. The number of aryl methyl sites for hydroxylation is 2. The first-order valence-corrected chi connectivity index (χ1v) is 12.6. The third-order valence-corrected chi connectivity index (χ3v) is 8.55. The number of anilines is 1. The molecule has 2 heterocycles. The quantitative estimate of drug-likeness (QED) is 0.572. The molecule has 9 heteroatoms. The molecule has 0 saturated carbocycles. The van der Waals surface area contributed by atoms with E-state index in [0.29, 0.717) is 42.4 Å². The van der Waals surface area contributed by atoms with Crippen molar-refractivity contribution in [2.45, 2.75) is 31.7 Å². The van der Waals surface area contributed by atoms with Gasteiger partial charge in [0.05, 0.1) is 15.1 Å². The fourth-order valence-electron chi connectivity index (χ4n) is 3.88. The Kier molecular flexibility index (Phi) is 5.94. The molecule has 1 aliphatic rings. The van der Waals surface area contributed by atoms with E-state index in [2.05, 4.69) is 4.90 Å². The fourth-order valence-corrected chi connectivity index (χ4v) is 6.53. The van der Waals surface area contributed by atoms with Crippen LogP contribution in [0.15, 0.2) is 46.1 Å². The van der Waals surface area contributed by atoms with Gasteiger partial charge in [0, 0.05) is 43.4 Å². The number of thiazole rings is 1. The average Bonchev–Trinajstić information content (AvgIpc) is 3.05. The second-order valence-electron chi connectivity index (χ2n) is 7.47. The maximum absolute atomic E-state index is 13.2. The SMILES string of the molecule is CCCn1c(=O)sc2cc(S(=O)(=O)N3CCN(c4cc(Cl)ccc4C)CC3)ccc21. The Morgan fingerprint density at radius 3 is 2.50 bits per heavy atom. The van der Waals surface area contributed by atoms with E-state index >= 15 is 0 Å². The number of fused-ring (bicyclic) bond motifs is 1. The molecule has 0 atom stereocenters. The number of hydrogen-bond donors (Lipinski definition) is 0. The van der Waals surface area contributed by atoms with Crippen molar-refractivity contribution >= 4 is 48.9 Å². The number of halogens is 1. The second-order valence-corrected chi connectivity index (χ2v) is 10.8. The van der Waals surface area contributed by atoms with Crippen LogP contribution in [-0.4, -0.2) is 43.5 Å². The normalized spacial score (nSPS) is 15.8. The standard InChI is InChI=1S/C21H24ClN3O3S2/c1-3-8-25-18-7-6-17(14-20(18)29-21(25)26)30(27,28)24-11-9-23(10-12-24)19-13-16(22)5-4-15(19)2/h4-7,13-14H,3,8-12H2,1-2H3. The Bertz CT molecular complexity index is 1240. The van der Waals surface area contributed by atoms with Crippen molar-refractivity contribution in [3.63, 3.8) is 0 Å². The molecule has 4 rings (SSSR count). The number of sulfonamides is 1. The van der Waals surface area contributed by atoms with Crippen molar-refractivity contribution in [2.75, 3.05) is 31.1 Å². The van der Waals surface area contributed by atoms with Crippen LogP contribution in [0.3, 0.4) is 0 Å². The summed E-state index contributed by atoms with van der Waals surface area (Å²) in [6.07, 6.45) is 0.849. The van der Waals surface area contributed by atoms with E-state index in [4.69, 9.17) is 11.6 Å². The molecular formula is C21H24ClN3O3S2. The van der Waals surface area contributed by atoms with Gasteiger partial charge in [0.1, 0.15) is 0 Å². The zero-order valence-corrected chi connectivity index (χ0v) is 19.4. The van der Waals surface area contributed by atoms with E-state index in [-0.39, 0.29) is 9.77 Å². The number of nitrogens with zero attached hydrogens (tertiary/aromatic N) is 3. The van der Waals surface area contributed by atoms with Crippen LogP contribution in [0.1, 0.15) is 18.9 Å². The highest BCUT2D eigenvalue weighted by Gasteiger charge is 2.29. The second kappa shape index (κ2) is 8.34. The summed E-state index contributed by atoms with van der Waals surface area (Å²) in [5.41, 5.74) is 2.96. The van der Waals surface area contributed by atoms with Crippen molar-refractivity contribution in [3.05, 3.63) is 56.7 Å². The predicted octanol–water partition coefficient (Wildman–Crippen LogP) is 3.95. The van der Waals surface area contributed by atoms with Gasteiger partial charge in [0.2, 0.25) is 10.0 Å².